The molecular weight excluding hydrogens is 166 g/mol. The number of primary amides is 1. The van der Waals surface area contributed by atoms with E-state index in [4.69, 9.17) is 11.5 Å². The highest BCUT2D eigenvalue weighted by atomic mass is 16.1. The third kappa shape index (κ3) is 4.85. The van der Waals surface area contributed by atoms with Crippen molar-refractivity contribution in [2.75, 3.05) is 13.1 Å². The largest absolute Gasteiger partial charge is 0.368 e. The lowest BCUT2D eigenvalue weighted by molar-refractivity contribution is -0.119. The summed E-state index contributed by atoms with van der Waals surface area (Å²) in [6, 6.07) is -0.541. The Morgan fingerprint density at radius 2 is 2.23 bits per heavy atom. The highest BCUT2D eigenvalue weighted by Crippen LogP contribution is 2.33. The van der Waals surface area contributed by atoms with Crippen LogP contribution >= 0.6 is 0 Å². The third-order valence-corrected chi connectivity index (χ3v) is 2.39. The lowest BCUT2D eigenvalue weighted by Crippen LogP contribution is -2.44. The minimum absolute atomic E-state index is 0.435. The van der Waals surface area contributed by atoms with Gasteiger partial charge in [-0.25, -0.2) is 0 Å². The molecule has 0 saturated heterocycles. The normalized spacial score (nSPS) is 18.5. The molecule has 0 radical (unpaired) electrons. The summed E-state index contributed by atoms with van der Waals surface area (Å²) < 4.78 is 0. The van der Waals surface area contributed by atoms with Gasteiger partial charge >= 0.3 is 0 Å². The van der Waals surface area contributed by atoms with Gasteiger partial charge in [0.15, 0.2) is 0 Å². The van der Waals surface area contributed by atoms with Gasteiger partial charge in [0.2, 0.25) is 5.91 Å². The Hall–Kier alpha value is -0.610. The summed E-state index contributed by atoms with van der Waals surface area (Å²) in [5.41, 5.74) is 10.4. The summed E-state index contributed by atoms with van der Waals surface area (Å²) in [5, 5.41) is 3.12. The van der Waals surface area contributed by atoms with Crippen LogP contribution in [0.5, 0.6) is 0 Å². The van der Waals surface area contributed by atoms with E-state index in [1.165, 1.54) is 25.7 Å². The van der Waals surface area contributed by atoms with Gasteiger partial charge in [-0.05, 0) is 25.3 Å². The highest BCUT2D eigenvalue weighted by molar-refractivity contribution is 5.79. The second kappa shape index (κ2) is 5.19. The molecule has 1 atom stereocenters. The number of nitrogens with one attached hydrogen (secondary N) is 1. The molecule has 0 spiro atoms. The number of carbonyl (C=O) groups is 1. The van der Waals surface area contributed by atoms with Crippen molar-refractivity contribution in [2.45, 2.75) is 31.7 Å². The van der Waals surface area contributed by atoms with Gasteiger partial charge in [0, 0.05) is 6.54 Å². The van der Waals surface area contributed by atoms with E-state index in [2.05, 4.69) is 5.32 Å². The van der Waals surface area contributed by atoms with Crippen molar-refractivity contribution >= 4 is 5.91 Å². The van der Waals surface area contributed by atoms with E-state index >= 15 is 0 Å². The van der Waals surface area contributed by atoms with Crippen molar-refractivity contribution < 1.29 is 4.79 Å². The monoisotopic (exact) mass is 185 g/mol. The Morgan fingerprint density at radius 3 is 2.77 bits per heavy atom. The van der Waals surface area contributed by atoms with Gasteiger partial charge in [-0.2, -0.15) is 0 Å². The molecule has 4 nitrogen and oxygen atoms in total. The van der Waals surface area contributed by atoms with Crippen LogP contribution in [0.2, 0.25) is 0 Å². The van der Waals surface area contributed by atoms with Gasteiger partial charge in [-0.15, -0.1) is 0 Å². The molecule has 1 fully saturated rings. The molecule has 1 aliphatic rings. The maximum absolute atomic E-state index is 10.5. The molecular formula is C9H19N3O. The van der Waals surface area contributed by atoms with Gasteiger partial charge in [-0.3, -0.25) is 4.79 Å². The van der Waals surface area contributed by atoms with Gasteiger partial charge in [0.1, 0.15) is 0 Å². The molecule has 1 amide bonds. The zero-order chi connectivity index (χ0) is 9.68. The van der Waals surface area contributed by atoms with E-state index in [1.54, 1.807) is 0 Å². The highest BCUT2D eigenvalue weighted by Gasteiger charge is 2.19. The number of carbonyl (C=O) groups excluding carboxylic acids is 1. The topological polar surface area (TPSA) is 81.1 Å². The molecule has 1 unspecified atom stereocenters. The van der Waals surface area contributed by atoms with Crippen molar-refractivity contribution in [3.63, 3.8) is 0 Å². The Morgan fingerprint density at radius 1 is 1.54 bits per heavy atom. The summed E-state index contributed by atoms with van der Waals surface area (Å²) in [6.07, 6.45) is 5.29. The molecule has 0 aliphatic heterocycles. The van der Waals surface area contributed by atoms with Crippen molar-refractivity contribution in [3.8, 4) is 0 Å². The maximum atomic E-state index is 10.5. The second-order valence-corrected chi connectivity index (χ2v) is 3.80. The van der Waals surface area contributed by atoms with Crippen LogP contribution < -0.4 is 16.8 Å². The van der Waals surface area contributed by atoms with Crippen LogP contribution in [0, 0.1) is 5.92 Å². The van der Waals surface area contributed by atoms with E-state index in [1.807, 2.05) is 0 Å². The average molecular weight is 185 g/mol. The van der Waals surface area contributed by atoms with Gasteiger partial charge in [0.05, 0.1) is 6.04 Å². The number of amides is 1. The van der Waals surface area contributed by atoms with Crippen LogP contribution in [0.15, 0.2) is 0 Å². The Bertz CT molecular complexity index is 168. The molecule has 0 aromatic carbocycles. The first-order valence-corrected chi connectivity index (χ1v) is 4.95. The Balaban J connectivity index is 1.84. The molecule has 0 aromatic rings. The quantitative estimate of drug-likeness (QED) is 0.471. The van der Waals surface area contributed by atoms with E-state index in [-0.39, 0.29) is 0 Å². The molecule has 76 valence electrons. The molecule has 13 heavy (non-hydrogen) atoms. The summed E-state index contributed by atoms with van der Waals surface area (Å²) in [5.74, 6) is 0.543. The van der Waals surface area contributed by atoms with Crippen molar-refractivity contribution in [1.82, 2.24) is 5.32 Å². The fourth-order valence-electron chi connectivity index (χ4n) is 1.28. The average Bonchev–Trinajstić information content (AvgIpc) is 2.87. The molecule has 5 N–H and O–H groups in total. The first kappa shape index (κ1) is 10.5. The predicted molar refractivity (Wildman–Crippen MR) is 52.0 cm³/mol. The molecule has 4 heteroatoms. The lowest BCUT2D eigenvalue weighted by Gasteiger charge is -2.08. The summed E-state index contributed by atoms with van der Waals surface area (Å²) in [7, 11) is 0. The van der Waals surface area contributed by atoms with Gasteiger partial charge < -0.3 is 16.8 Å². The van der Waals surface area contributed by atoms with Crippen LogP contribution in [0.1, 0.15) is 25.7 Å². The van der Waals surface area contributed by atoms with E-state index in [9.17, 15) is 4.79 Å². The standard InChI is InChI=1S/C9H19N3O/c10-8(9(11)13)6-12-5-1-2-7-3-4-7/h7-8,12H,1-6,10H2,(H2,11,13). The second-order valence-electron chi connectivity index (χ2n) is 3.80. The van der Waals surface area contributed by atoms with Crippen LogP contribution in [0.4, 0.5) is 0 Å². The molecule has 1 saturated carbocycles. The fourth-order valence-corrected chi connectivity index (χ4v) is 1.28. The molecule has 1 aliphatic carbocycles. The van der Waals surface area contributed by atoms with Crippen LogP contribution in [0.25, 0.3) is 0 Å². The zero-order valence-corrected chi connectivity index (χ0v) is 7.96. The van der Waals surface area contributed by atoms with Crippen molar-refractivity contribution in [3.05, 3.63) is 0 Å². The SMILES string of the molecule is NC(=O)C(N)CNCCCC1CC1. The van der Waals surface area contributed by atoms with Crippen molar-refractivity contribution in [1.29, 1.82) is 0 Å². The minimum atomic E-state index is -0.541. The van der Waals surface area contributed by atoms with E-state index in [0.717, 1.165) is 12.5 Å². The van der Waals surface area contributed by atoms with Gasteiger partial charge in [-0.1, -0.05) is 12.8 Å². The number of hydrogen-bond acceptors (Lipinski definition) is 3. The molecule has 0 aromatic heterocycles. The van der Waals surface area contributed by atoms with Crippen molar-refractivity contribution in [2.24, 2.45) is 17.4 Å². The number of hydrogen-bond donors (Lipinski definition) is 3. The summed E-state index contributed by atoms with van der Waals surface area (Å²) in [4.78, 5) is 10.5. The summed E-state index contributed by atoms with van der Waals surface area (Å²) in [6.45, 7) is 1.44. The lowest BCUT2D eigenvalue weighted by atomic mass is 10.2. The first-order valence-electron chi connectivity index (χ1n) is 4.95. The molecule has 1 rings (SSSR count). The van der Waals surface area contributed by atoms with Crippen LogP contribution in [-0.4, -0.2) is 25.0 Å². The van der Waals surface area contributed by atoms with Crippen LogP contribution in [-0.2, 0) is 4.79 Å². The van der Waals surface area contributed by atoms with Crippen LogP contribution in [0.3, 0.4) is 0 Å². The number of rotatable bonds is 7. The predicted octanol–water partition coefficient (Wildman–Crippen LogP) is -0.421. The summed E-state index contributed by atoms with van der Waals surface area (Å²) >= 11 is 0. The zero-order valence-electron chi connectivity index (χ0n) is 7.96. The van der Waals surface area contributed by atoms with E-state index < -0.39 is 11.9 Å². The molecule has 0 heterocycles. The Kier molecular flexibility index (Phi) is 4.18. The molecule has 0 bridgehead atoms. The fraction of sp³-hybridized carbons (Fsp3) is 0.889. The Labute approximate surface area is 79.0 Å². The number of nitrogens with two attached hydrogens (primary N) is 2. The minimum Gasteiger partial charge on any atom is -0.368 e. The first-order chi connectivity index (χ1) is 6.20. The maximum Gasteiger partial charge on any atom is 0.235 e. The van der Waals surface area contributed by atoms with E-state index in [0.29, 0.717) is 6.54 Å². The van der Waals surface area contributed by atoms with Gasteiger partial charge in [0.25, 0.3) is 0 Å². The smallest absolute Gasteiger partial charge is 0.235 e. The third-order valence-electron chi connectivity index (χ3n) is 2.39.